The van der Waals surface area contributed by atoms with Gasteiger partial charge in [0.25, 0.3) is 5.91 Å². The van der Waals surface area contributed by atoms with E-state index in [0.717, 1.165) is 5.56 Å². The summed E-state index contributed by atoms with van der Waals surface area (Å²) in [5, 5.41) is 12.8. The number of carbonyl (C=O) groups excluding carboxylic acids is 1. The molecule has 2 heterocycles. The number of imidazole rings is 1. The second-order valence-corrected chi connectivity index (χ2v) is 9.84. The van der Waals surface area contributed by atoms with Gasteiger partial charge in [-0.1, -0.05) is 36.8 Å². The average molecular weight is 448 g/mol. The molecule has 6 heteroatoms. The van der Waals surface area contributed by atoms with Gasteiger partial charge in [0.05, 0.1) is 24.9 Å². The van der Waals surface area contributed by atoms with Gasteiger partial charge in [-0.15, -0.1) is 0 Å². The lowest BCUT2D eigenvalue weighted by molar-refractivity contribution is 0.0433. The van der Waals surface area contributed by atoms with Gasteiger partial charge >= 0.3 is 0 Å². The highest BCUT2D eigenvalue weighted by molar-refractivity contribution is 5.95. The van der Waals surface area contributed by atoms with Crippen molar-refractivity contribution in [3.05, 3.63) is 65.6 Å². The fourth-order valence-electron chi connectivity index (χ4n) is 5.53. The Balaban J connectivity index is 1.30. The van der Waals surface area contributed by atoms with Gasteiger partial charge in [-0.25, -0.2) is 4.98 Å². The highest BCUT2D eigenvalue weighted by Gasteiger charge is 2.40. The summed E-state index contributed by atoms with van der Waals surface area (Å²) in [4.78, 5) is 17.8. The van der Waals surface area contributed by atoms with Crippen LogP contribution in [0.25, 0.3) is 5.65 Å². The zero-order chi connectivity index (χ0) is 22.8. The molecule has 0 unspecified atom stereocenters. The summed E-state index contributed by atoms with van der Waals surface area (Å²) in [6, 6.07) is 12.8. The largest absolute Gasteiger partial charge is 0.489 e. The Morgan fingerprint density at radius 1 is 1.18 bits per heavy atom. The normalized spacial score (nSPS) is 18.7. The molecule has 2 aliphatic rings. The smallest absolute Gasteiger partial charge is 0.270 e. The number of pyridine rings is 1. The highest BCUT2D eigenvalue weighted by atomic mass is 16.5. The molecule has 2 N–H and O–H groups in total. The number of benzene rings is 1. The van der Waals surface area contributed by atoms with E-state index in [4.69, 9.17) is 4.74 Å². The average Bonchev–Trinajstić information content (AvgIpc) is 3.17. The summed E-state index contributed by atoms with van der Waals surface area (Å²) in [6.45, 7) is 2.35. The van der Waals surface area contributed by atoms with Gasteiger partial charge in [0, 0.05) is 6.20 Å². The Morgan fingerprint density at radius 2 is 1.94 bits per heavy atom. The number of hydrogen-bond donors (Lipinski definition) is 2. The van der Waals surface area contributed by atoms with E-state index in [-0.39, 0.29) is 12.5 Å². The van der Waals surface area contributed by atoms with E-state index in [2.05, 4.69) is 10.3 Å². The van der Waals surface area contributed by atoms with E-state index < -0.39 is 6.04 Å². The van der Waals surface area contributed by atoms with Crippen molar-refractivity contribution in [2.24, 2.45) is 11.3 Å². The molecule has 2 saturated carbocycles. The van der Waals surface area contributed by atoms with Crippen molar-refractivity contribution in [1.82, 2.24) is 14.7 Å². The molecule has 1 aromatic carbocycles. The molecule has 0 aliphatic heterocycles. The summed E-state index contributed by atoms with van der Waals surface area (Å²) in [7, 11) is 0. The zero-order valence-electron chi connectivity index (χ0n) is 19.3. The van der Waals surface area contributed by atoms with E-state index in [1.807, 2.05) is 55.6 Å². The number of nitrogens with one attached hydrogen (secondary N) is 1. The number of aliphatic hydroxyl groups is 1. The lowest BCUT2D eigenvalue weighted by Gasteiger charge is -2.47. The van der Waals surface area contributed by atoms with Crippen molar-refractivity contribution in [1.29, 1.82) is 0 Å². The van der Waals surface area contributed by atoms with Crippen LogP contribution < -0.4 is 10.1 Å². The zero-order valence-corrected chi connectivity index (χ0v) is 19.3. The fraction of sp³-hybridized carbons (Fsp3) is 0.481. The maximum atomic E-state index is 13.2. The maximum Gasteiger partial charge on any atom is 0.270 e. The lowest BCUT2D eigenvalue weighted by Crippen LogP contribution is -2.35. The quantitative estimate of drug-likeness (QED) is 0.543. The van der Waals surface area contributed by atoms with Crippen LogP contribution in [0.3, 0.4) is 0 Å². The third-order valence-corrected chi connectivity index (χ3v) is 7.75. The first-order valence-corrected chi connectivity index (χ1v) is 12.2. The molecular weight excluding hydrogens is 414 g/mol. The molecule has 1 amide bonds. The molecule has 3 aromatic rings. The van der Waals surface area contributed by atoms with Gasteiger partial charge in [-0.3, -0.25) is 9.20 Å². The molecule has 2 fully saturated rings. The van der Waals surface area contributed by atoms with E-state index in [0.29, 0.717) is 40.7 Å². The number of ether oxygens (including phenoxy) is 1. The third-order valence-electron chi connectivity index (χ3n) is 7.75. The minimum atomic E-state index is -0.478. The number of aromatic nitrogens is 2. The van der Waals surface area contributed by atoms with E-state index in [9.17, 15) is 9.90 Å². The number of rotatable bonds is 7. The molecule has 174 valence electrons. The second kappa shape index (κ2) is 9.18. The van der Waals surface area contributed by atoms with Gasteiger partial charge in [-0.05, 0) is 74.5 Å². The number of hydrogen-bond acceptors (Lipinski definition) is 4. The van der Waals surface area contributed by atoms with Crippen LogP contribution in [0.15, 0.2) is 48.7 Å². The van der Waals surface area contributed by atoms with Crippen LogP contribution in [0.5, 0.6) is 5.75 Å². The predicted molar refractivity (Wildman–Crippen MR) is 127 cm³/mol. The molecule has 2 aliphatic carbocycles. The summed E-state index contributed by atoms with van der Waals surface area (Å²) in [5.41, 5.74) is 3.28. The third kappa shape index (κ3) is 4.36. The van der Waals surface area contributed by atoms with Crippen LogP contribution in [0.2, 0.25) is 0 Å². The monoisotopic (exact) mass is 447 g/mol. The summed E-state index contributed by atoms with van der Waals surface area (Å²) in [6.07, 6.45) is 11.2. The van der Waals surface area contributed by atoms with Crippen LogP contribution >= 0.6 is 0 Å². The minimum Gasteiger partial charge on any atom is -0.489 e. The number of aliphatic hydroxyl groups excluding tert-OH is 1. The molecule has 1 spiro atoms. The molecule has 6 nitrogen and oxygen atoms in total. The van der Waals surface area contributed by atoms with Gasteiger partial charge in [0.2, 0.25) is 0 Å². The molecule has 33 heavy (non-hydrogen) atoms. The van der Waals surface area contributed by atoms with Crippen molar-refractivity contribution in [2.75, 3.05) is 13.2 Å². The Bertz CT molecular complexity index is 1110. The number of amides is 1. The molecular formula is C27H33N3O3. The predicted octanol–water partition coefficient (Wildman–Crippen LogP) is 4.85. The van der Waals surface area contributed by atoms with Crippen molar-refractivity contribution >= 4 is 11.6 Å². The van der Waals surface area contributed by atoms with E-state index in [1.165, 1.54) is 44.9 Å². The molecule has 0 bridgehead atoms. The lowest BCUT2D eigenvalue weighted by atomic mass is 9.59. The van der Waals surface area contributed by atoms with Crippen molar-refractivity contribution in [3.63, 3.8) is 0 Å². The molecule has 1 atom stereocenters. The number of aryl methyl sites for hydroxylation is 1. The van der Waals surface area contributed by atoms with Gasteiger partial charge in [0.1, 0.15) is 5.69 Å². The Hall–Kier alpha value is -2.86. The van der Waals surface area contributed by atoms with Crippen molar-refractivity contribution in [3.8, 4) is 5.75 Å². The van der Waals surface area contributed by atoms with Gasteiger partial charge < -0.3 is 15.2 Å². The van der Waals surface area contributed by atoms with E-state index >= 15 is 0 Å². The number of carbonyl (C=O) groups is 1. The molecule has 5 rings (SSSR count). The van der Waals surface area contributed by atoms with Crippen LogP contribution in [0.4, 0.5) is 0 Å². The topological polar surface area (TPSA) is 75.9 Å². The first kappa shape index (κ1) is 22.0. The van der Waals surface area contributed by atoms with E-state index in [1.54, 1.807) is 4.40 Å². The summed E-state index contributed by atoms with van der Waals surface area (Å²) >= 11 is 0. The highest BCUT2D eigenvalue weighted by Crippen LogP contribution is 2.52. The molecule has 0 radical (unpaired) electrons. The van der Waals surface area contributed by atoms with Gasteiger partial charge in [-0.2, -0.15) is 0 Å². The first-order valence-electron chi connectivity index (χ1n) is 12.2. The molecule has 0 saturated heterocycles. The Morgan fingerprint density at radius 3 is 2.61 bits per heavy atom. The fourth-order valence-corrected chi connectivity index (χ4v) is 5.53. The number of fused-ring (bicyclic) bond motifs is 1. The SMILES string of the molecule is Cc1nc2c(OCC3CCC4(CCC4)CC3)cccn2c1C(=O)N[C@@H](CO)c1ccccc1. The summed E-state index contributed by atoms with van der Waals surface area (Å²) in [5.74, 6) is 1.04. The minimum absolute atomic E-state index is 0.178. The van der Waals surface area contributed by atoms with Crippen molar-refractivity contribution < 1.29 is 14.6 Å². The van der Waals surface area contributed by atoms with Crippen LogP contribution in [-0.4, -0.2) is 33.6 Å². The van der Waals surface area contributed by atoms with Gasteiger partial charge in [0.15, 0.2) is 11.4 Å². The van der Waals surface area contributed by atoms with Crippen molar-refractivity contribution in [2.45, 2.75) is 57.9 Å². The maximum absolute atomic E-state index is 13.2. The first-order chi connectivity index (χ1) is 16.1. The number of nitrogens with zero attached hydrogens (tertiary/aromatic N) is 2. The molecule has 2 aromatic heterocycles. The van der Waals surface area contributed by atoms with Crippen LogP contribution in [0, 0.1) is 18.3 Å². The van der Waals surface area contributed by atoms with Crippen LogP contribution in [0.1, 0.15) is 72.7 Å². The Kier molecular flexibility index (Phi) is 6.11. The Labute approximate surface area is 195 Å². The van der Waals surface area contributed by atoms with Crippen LogP contribution in [-0.2, 0) is 0 Å². The standard InChI is InChI=1S/C27H33N3O3/c1-19-24(26(32)29-22(17-31)21-7-3-2-4-8-21)30-16-5-9-23(25(30)28-19)33-18-20-10-14-27(15-11-20)12-6-13-27/h2-5,7-9,16,20,22,31H,6,10-15,17-18H2,1H3,(H,29,32)/t22-/m0/s1. The summed E-state index contributed by atoms with van der Waals surface area (Å²) < 4.78 is 8.04. The second-order valence-electron chi connectivity index (χ2n) is 9.84.